The molecule has 0 rings (SSSR count). The number of aliphatic hydroxyl groups excluding tert-OH is 2. The quantitative estimate of drug-likeness (QED) is 0.0321. The molecule has 0 bridgehead atoms. The Labute approximate surface area is 424 Å². The highest BCUT2D eigenvalue weighted by molar-refractivity contribution is 5.76. The van der Waals surface area contributed by atoms with E-state index >= 15 is 0 Å². The molecule has 0 heterocycles. The van der Waals surface area contributed by atoms with E-state index in [0.29, 0.717) is 19.4 Å². The average Bonchev–Trinajstić information content (AvgIpc) is 3.34. The first-order chi connectivity index (χ1) is 33.5. The number of hydrogen-bond acceptors (Lipinski definition) is 5. The molecule has 0 radical (unpaired) electrons. The Morgan fingerprint density at radius 2 is 0.691 bits per heavy atom. The molecule has 0 aliphatic carbocycles. The van der Waals surface area contributed by atoms with Gasteiger partial charge in [-0.05, 0) is 57.8 Å². The van der Waals surface area contributed by atoms with Crippen LogP contribution in [0.4, 0.5) is 0 Å². The van der Waals surface area contributed by atoms with Crippen molar-refractivity contribution in [2.24, 2.45) is 0 Å². The molecule has 0 aliphatic heterocycles. The third-order valence-electron chi connectivity index (χ3n) is 14.2. The molecule has 402 valence electrons. The zero-order valence-electron chi connectivity index (χ0n) is 45.9. The number of esters is 1. The van der Waals surface area contributed by atoms with E-state index in [4.69, 9.17) is 4.74 Å². The van der Waals surface area contributed by atoms with Gasteiger partial charge in [0.15, 0.2) is 0 Å². The van der Waals surface area contributed by atoms with E-state index in [1.807, 2.05) is 6.08 Å². The van der Waals surface area contributed by atoms with Crippen molar-refractivity contribution >= 4 is 11.9 Å². The SMILES string of the molecule is CCCCCCCC/C=C\CCCCCCCC(=O)OCCCCCCCCCCCCCCCCCCCCCCCCCC(=O)N[C@@H](CO)[C@H](O)/C=C/CCCCCCCCCCCCC. The van der Waals surface area contributed by atoms with E-state index in [1.54, 1.807) is 6.08 Å². The summed E-state index contributed by atoms with van der Waals surface area (Å²) >= 11 is 0. The van der Waals surface area contributed by atoms with Crippen molar-refractivity contribution in [1.29, 1.82) is 0 Å². The lowest BCUT2D eigenvalue weighted by atomic mass is 10.0. The zero-order chi connectivity index (χ0) is 49.3. The zero-order valence-corrected chi connectivity index (χ0v) is 45.9. The highest BCUT2D eigenvalue weighted by Gasteiger charge is 2.18. The van der Waals surface area contributed by atoms with Crippen LogP contribution in [-0.2, 0) is 14.3 Å². The highest BCUT2D eigenvalue weighted by atomic mass is 16.5. The van der Waals surface area contributed by atoms with Crippen LogP contribution in [0.2, 0.25) is 0 Å². The van der Waals surface area contributed by atoms with Crippen LogP contribution in [0.15, 0.2) is 24.3 Å². The van der Waals surface area contributed by atoms with E-state index in [2.05, 4.69) is 31.3 Å². The smallest absolute Gasteiger partial charge is 0.305 e. The second-order valence-electron chi connectivity index (χ2n) is 21.0. The van der Waals surface area contributed by atoms with E-state index < -0.39 is 12.1 Å². The maximum absolute atomic E-state index is 12.4. The Kier molecular flexibility index (Phi) is 56.5. The van der Waals surface area contributed by atoms with Gasteiger partial charge in [0.2, 0.25) is 5.91 Å². The Morgan fingerprint density at radius 3 is 1.04 bits per heavy atom. The number of amides is 1. The largest absolute Gasteiger partial charge is 0.466 e. The van der Waals surface area contributed by atoms with Gasteiger partial charge in [0.25, 0.3) is 0 Å². The Bertz CT molecular complexity index is 1060. The molecule has 2 atom stereocenters. The van der Waals surface area contributed by atoms with Crippen molar-refractivity contribution < 1.29 is 24.5 Å². The number of hydrogen-bond donors (Lipinski definition) is 3. The summed E-state index contributed by atoms with van der Waals surface area (Å²) in [5, 5.41) is 23.1. The standard InChI is InChI=1S/C62H119NO5/c1-3-5-7-9-11-13-15-17-27-32-36-40-44-48-52-56-62(67)68-57-53-49-45-41-37-33-29-26-24-22-20-18-19-21-23-25-28-31-35-39-43-47-51-55-61(66)63-59(58-64)60(65)54-50-46-42-38-34-30-16-14-12-10-8-6-4-2/h17,27,50,54,59-60,64-65H,3-16,18-26,28-49,51-53,55-58H2,1-2H3,(H,63,66)/b27-17-,54-50+/t59-,60+/m0/s1. The minimum Gasteiger partial charge on any atom is -0.466 e. The second-order valence-corrected chi connectivity index (χ2v) is 21.0. The molecule has 0 aromatic heterocycles. The minimum absolute atomic E-state index is 0.00615. The second kappa shape index (κ2) is 57.9. The third kappa shape index (κ3) is 53.7. The van der Waals surface area contributed by atoms with Crippen LogP contribution in [-0.4, -0.2) is 47.4 Å². The molecule has 0 fully saturated rings. The van der Waals surface area contributed by atoms with Crippen LogP contribution in [0.25, 0.3) is 0 Å². The third-order valence-corrected chi connectivity index (χ3v) is 14.2. The van der Waals surface area contributed by atoms with Crippen molar-refractivity contribution in [3.05, 3.63) is 24.3 Å². The fourth-order valence-electron chi connectivity index (χ4n) is 9.51. The summed E-state index contributed by atoms with van der Waals surface area (Å²) in [6.07, 6.45) is 70.7. The van der Waals surface area contributed by atoms with Gasteiger partial charge in [0, 0.05) is 12.8 Å². The summed E-state index contributed by atoms with van der Waals surface area (Å²) in [6.45, 7) is 4.90. The fourth-order valence-corrected chi connectivity index (χ4v) is 9.51. The molecule has 0 aliphatic rings. The van der Waals surface area contributed by atoms with Gasteiger partial charge in [-0.1, -0.05) is 289 Å². The number of carbonyl (C=O) groups is 2. The number of aliphatic hydroxyl groups is 2. The number of rotatable bonds is 57. The lowest BCUT2D eigenvalue weighted by Gasteiger charge is -2.20. The van der Waals surface area contributed by atoms with Gasteiger partial charge in [-0.3, -0.25) is 9.59 Å². The molecule has 0 aromatic rings. The number of ether oxygens (including phenoxy) is 1. The number of unbranched alkanes of at least 4 members (excludes halogenated alkanes) is 44. The predicted molar refractivity (Wildman–Crippen MR) is 296 cm³/mol. The van der Waals surface area contributed by atoms with E-state index in [-0.39, 0.29) is 18.5 Å². The summed E-state index contributed by atoms with van der Waals surface area (Å²) in [6, 6.07) is -0.626. The molecule has 6 heteroatoms. The van der Waals surface area contributed by atoms with Crippen molar-refractivity contribution in [3.63, 3.8) is 0 Å². The van der Waals surface area contributed by atoms with Gasteiger partial charge in [-0.15, -0.1) is 0 Å². The highest BCUT2D eigenvalue weighted by Crippen LogP contribution is 2.17. The van der Waals surface area contributed by atoms with E-state index in [1.165, 1.54) is 263 Å². The van der Waals surface area contributed by atoms with Gasteiger partial charge < -0.3 is 20.3 Å². The molecule has 0 spiro atoms. The normalized spacial score (nSPS) is 12.7. The van der Waals surface area contributed by atoms with Crippen LogP contribution < -0.4 is 5.32 Å². The van der Waals surface area contributed by atoms with Crippen molar-refractivity contribution in [1.82, 2.24) is 5.32 Å². The van der Waals surface area contributed by atoms with Gasteiger partial charge in [0.1, 0.15) is 0 Å². The van der Waals surface area contributed by atoms with Crippen LogP contribution >= 0.6 is 0 Å². The topological polar surface area (TPSA) is 95.9 Å². The summed E-state index contributed by atoms with van der Waals surface area (Å²) in [5.74, 6) is -0.0606. The fraction of sp³-hybridized carbons (Fsp3) is 0.903. The Morgan fingerprint density at radius 1 is 0.397 bits per heavy atom. The average molecular weight is 959 g/mol. The minimum atomic E-state index is -0.843. The van der Waals surface area contributed by atoms with Crippen LogP contribution in [0, 0.1) is 0 Å². The lowest BCUT2D eigenvalue weighted by Crippen LogP contribution is -2.45. The van der Waals surface area contributed by atoms with Crippen LogP contribution in [0.1, 0.15) is 335 Å². The monoisotopic (exact) mass is 958 g/mol. The first-order valence-electron chi connectivity index (χ1n) is 30.6. The molecular weight excluding hydrogens is 839 g/mol. The first kappa shape index (κ1) is 66.3. The molecule has 68 heavy (non-hydrogen) atoms. The lowest BCUT2D eigenvalue weighted by molar-refractivity contribution is -0.143. The van der Waals surface area contributed by atoms with E-state index in [0.717, 1.165) is 44.9 Å². The Balaban J connectivity index is 3.38. The van der Waals surface area contributed by atoms with Crippen LogP contribution in [0.3, 0.4) is 0 Å². The maximum Gasteiger partial charge on any atom is 0.305 e. The van der Waals surface area contributed by atoms with Crippen molar-refractivity contribution in [2.75, 3.05) is 13.2 Å². The summed E-state index contributed by atoms with van der Waals surface area (Å²) < 4.78 is 5.48. The molecule has 3 N–H and O–H groups in total. The van der Waals surface area contributed by atoms with Crippen molar-refractivity contribution in [2.45, 2.75) is 347 Å². The number of nitrogens with one attached hydrogen (secondary N) is 1. The summed E-state index contributed by atoms with van der Waals surface area (Å²) in [5.41, 5.74) is 0. The molecule has 0 aromatic carbocycles. The number of carbonyl (C=O) groups excluding carboxylic acids is 2. The van der Waals surface area contributed by atoms with Gasteiger partial charge in [0.05, 0.1) is 25.4 Å². The van der Waals surface area contributed by atoms with Gasteiger partial charge >= 0.3 is 5.97 Å². The van der Waals surface area contributed by atoms with Gasteiger partial charge in [-0.25, -0.2) is 0 Å². The molecule has 0 unspecified atom stereocenters. The first-order valence-corrected chi connectivity index (χ1v) is 30.6. The van der Waals surface area contributed by atoms with Gasteiger partial charge in [-0.2, -0.15) is 0 Å². The molecule has 0 saturated heterocycles. The molecule has 0 saturated carbocycles. The Hall–Kier alpha value is -1.66. The molecular formula is C62H119NO5. The summed E-state index contributed by atoms with van der Waals surface area (Å²) in [7, 11) is 0. The molecule has 6 nitrogen and oxygen atoms in total. The summed E-state index contributed by atoms with van der Waals surface area (Å²) in [4.78, 5) is 24.5. The maximum atomic E-state index is 12.4. The van der Waals surface area contributed by atoms with Crippen molar-refractivity contribution in [3.8, 4) is 0 Å². The molecule has 1 amide bonds. The van der Waals surface area contributed by atoms with E-state index in [9.17, 15) is 19.8 Å². The predicted octanol–water partition coefficient (Wildman–Crippen LogP) is 19.0. The van der Waals surface area contributed by atoms with Crippen LogP contribution in [0.5, 0.6) is 0 Å². The number of allylic oxidation sites excluding steroid dienone is 3.